The number of hydrogen-bond donors (Lipinski definition) is 2. The van der Waals surface area contributed by atoms with Gasteiger partial charge >= 0.3 is 0 Å². The quantitative estimate of drug-likeness (QED) is 0.425. The summed E-state index contributed by atoms with van der Waals surface area (Å²) in [5, 5.41) is 5.30. The zero-order valence-corrected chi connectivity index (χ0v) is 18.7. The molecule has 2 aromatic rings. The summed E-state index contributed by atoms with van der Waals surface area (Å²) in [6, 6.07) is 15.9. The molecule has 0 radical (unpaired) electrons. The van der Waals surface area contributed by atoms with Gasteiger partial charge in [0.15, 0.2) is 0 Å². The first kappa shape index (κ1) is 18.6. The van der Waals surface area contributed by atoms with Gasteiger partial charge in [-0.3, -0.25) is 29.8 Å². The van der Waals surface area contributed by atoms with Crippen LogP contribution in [0.25, 0.3) is 0 Å². The summed E-state index contributed by atoms with van der Waals surface area (Å²) in [5.74, 6) is -2.77. The number of nitrogens with one attached hydrogen (secondary N) is 2. The van der Waals surface area contributed by atoms with E-state index in [0.29, 0.717) is 0 Å². The Labute approximate surface area is 204 Å². The van der Waals surface area contributed by atoms with E-state index < -0.39 is 81.5 Å². The van der Waals surface area contributed by atoms with Gasteiger partial charge in [-0.25, -0.2) is 0 Å². The van der Waals surface area contributed by atoms with Gasteiger partial charge in [0.05, 0.1) is 24.4 Å². The van der Waals surface area contributed by atoms with Crippen molar-refractivity contribution in [3.8, 4) is 0 Å². The molecule has 0 spiro atoms. The van der Waals surface area contributed by atoms with Crippen LogP contribution in [-0.4, -0.2) is 48.0 Å². The fraction of sp³-hybridized carbons (Fsp3) is 0.357. The third-order valence-electron chi connectivity index (χ3n) is 11.1. The van der Waals surface area contributed by atoms with Gasteiger partial charge in [-0.1, -0.05) is 60.7 Å². The van der Waals surface area contributed by atoms with Gasteiger partial charge in [-0.2, -0.15) is 0 Å². The van der Waals surface area contributed by atoms with Gasteiger partial charge in [0.25, 0.3) is 0 Å². The van der Waals surface area contributed by atoms with Gasteiger partial charge in [-0.15, -0.1) is 0 Å². The molecule has 0 unspecified atom stereocenters. The number of imide groups is 2. The van der Waals surface area contributed by atoms with Crippen LogP contribution in [0.4, 0.5) is 0 Å². The highest BCUT2D eigenvalue weighted by atomic mass is 16.6. The Balaban J connectivity index is 1.43. The second kappa shape index (κ2) is 4.96. The highest BCUT2D eigenvalue weighted by Crippen LogP contribution is 2.88. The second-order valence-corrected chi connectivity index (χ2v) is 11.4. The van der Waals surface area contributed by atoms with Crippen LogP contribution in [-0.2, 0) is 28.7 Å². The predicted molar refractivity (Wildman–Crippen MR) is 119 cm³/mol. The molecule has 9 aliphatic rings. The molecule has 8 atom stereocenters. The monoisotopic (exact) mass is 478 g/mol. The second-order valence-electron chi connectivity index (χ2n) is 11.4. The maximum Gasteiger partial charge on any atom is 0.239 e. The Kier molecular flexibility index (Phi) is 2.57. The maximum atomic E-state index is 14.3. The van der Waals surface area contributed by atoms with Gasteiger partial charge in [-0.05, 0) is 22.3 Å². The summed E-state index contributed by atoms with van der Waals surface area (Å²) >= 11 is 0. The summed E-state index contributed by atoms with van der Waals surface area (Å²) in [6.45, 7) is 0. The van der Waals surface area contributed by atoms with Gasteiger partial charge in [0.2, 0.25) is 23.6 Å². The smallest absolute Gasteiger partial charge is 0.239 e. The molecule has 0 aromatic heterocycles. The average molecular weight is 478 g/mol. The first-order valence-corrected chi connectivity index (χ1v) is 12.4. The molecule has 4 amide bonds. The van der Waals surface area contributed by atoms with Crippen molar-refractivity contribution in [1.82, 2.24) is 10.6 Å². The molecule has 36 heavy (non-hydrogen) atoms. The number of fused-ring (bicyclic) bond motifs is 4. The van der Waals surface area contributed by atoms with E-state index in [-0.39, 0.29) is 0 Å². The van der Waals surface area contributed by atoms with Crippen LogP contribution in [0.2, 0.25) is 0 Å². The molecule has 8 nitrogen and oxygen atoms in total. The Bertz CT molecular complexity index is 1450. The molecule has 2 N–H and O–H groups in total. The number of rotatable bonds is 0. The third kappa shape index (κ3) is 1.24. The number of hydrogen-bond acceptors (Lipinski definition) is 6. The summed E-state index contributed by atoms with van der Waals surface area (Å²) in [7, 11) is 0. The Morgan fingerprint density at radius 3 is 1.28 bits per heavy atom. The van der Waals surface area contributed by atoms with E-state index in [1.54, 1.807) is 0 Å². The fourth-order valence-corrected chi connectivity index (χ4v) is 10.4. The summed E-state index contributed by atoms with van der Waals surface area (Å²) in [5.41, 5.74) is -1.66. The van der Waals surface area contributed by atoms with Crippen molar-refractivity contribution in [3.05, 3.63) is 82.9 Å². The van der Waals surface area contributed by atoms with Crippen LogP contribution < -0.4 is 10.6 Å². The minimum absolute atomic E-state index is 0.416. The SMILES string of the molecule is O=C1NC(=O)[C@]23[C@@H]4C=C[C@@H](O4)[C@]12[C@@H]1O[C@H]3[C@]23C(=O)NC(=O)[C@]12C1c2ccccc2C3c2ccccc21. The predicted octanol–water partition coefficient (Wildman–Crippen LogP) is 0.654. The molecule has 2 aromatic carbocycles. The lowest BCUT2D eigenvalue weighted by Gasteiger charge is -2.63. The molecular formula is C28H18N2O6. The van der Waals surface area contributed by atoms with Crippen molar-refractivity contribution in [2.45, 2.75) is 36.3 Å². The van der Waals surface area contributed by atoms with Gasteiger partial charge in [0, 0.05) is 11.8 Å². The van der Waals surface area contributed by atoms with Crippen LogP contribution in [0.1, 0.15) is 34.1 Å². The van der Waals surface area contributed by atoms with Crippen molar-refractivity contribution in [2.24, 2.45) is 21.7 Å². The average Bonchev–Trinajstić information content (AvgIpc) is 3.69. The van der Waals surface area contributed by atoms with Crippen molar-refractivity contribution in [3.63, 3.8) is 0 Å². The summed E-state index contributed by atoms with van der Waals surface area (Å²) in [4.78, 5) is 56.3. The maximum absolute atomic E-state index is 14.3. The highest BCUT2D eigenvalue weighted by molar-refractivity contribution is 6.20. The standard InChI is InChI=1S/C28H18N2O6/c31-21-25-15-9-10-16(35-15)26(25,22(32)29-21)20-28-18-12-6-2-1-5-11(12)17(13-7-3-4-8-14(13)18)27(28,19(25)36-20)23(33)30-24(28)34/h1-10,15-20H,(H,29,31,32)(H,30,33,34)/t15-,16+,17?,18?,19+,20-,25+,26-,27+,28-. The zero-order valence-electron chi connectivity index (χ0n) is 18.7. The molecule has 6 aliphatic heterocycles. The van der Waals surface area contributed by atoms with Gasteiger partial charge < -0.3 is 9.47 Å². The molecular weight excluding hydrogens is 460 g/mol. The van der Waals surface area contributed by atoms with Crippen molar-refractivity contribution in [1.29, 1.82) is 0 Å². The number of ether oxygens (including phenoxy) is 2. The van der Waals surface area contributed by atoms with Crippen LogP contribution >= 0.6 is 0 Å². The lowest BCUT2D eigenvalue weighted by atomic mass is 9.31. The molecule has 3 aliphatic carbocycles. The van der Waals surface area contributed by atoms with E-state index in [4.69, 9.17) is 9.47 Å². The molecule has 8 heteroatoms. The Hall–Kier alpha value is -3.62. The normalized spacial score (nSPS) is 50.4. The highest BCUT2D eigenvalue weighted by Gasteiger charge is 3.02. The van der Waals surface area contributed by atoms with Crippen LogP contribution in [0.3, 0.4) is 0 Å². The first-order valence-electron chi connectivity index (χ1n) is 12.4. The fourth-order valence-electron chi connectivity index (χ4n) is 10.4. The van der Waals surface area contributed by atoms with Crippen molar-refractivity contribution < 1.29 is 28.7 Å². The molecule has 0 saturated carbocycles. The van der Waals surface area contributed by atoms with Crippen LogP contribution in [0.5, 0.6) is 0 Å². The van der Waals surface area contributed by atoms with Crippen LogP contribution in [0, 0.1) is 21.7 Å². The van der Waals surface area contributed by atoms with Crippen molar-refractivity contribution in [2.75, 3.05) is 0 Å². The number of benzene rings is 2. The Morgan fingerprint density at radius 2 is 0.889 bits per heavy atom. The van der Waals surface area contributed by atoms with E-state index >= 15 is 0 Å². The Morgan fingerprint density at radius 1 is 0.528 bits per heavy atom. The van der Waals surface area contributed by atoms with E-state index in [9.17, 15) is 19.2 Å². The van der Waals surface area contributed by atoms with Gasteiger partial charge in [0.1, 0.15) is 21.7 Å². The number of carbonyl (C=O) groups is 4. The summed E-state index contributed by atoms with van der Waals surface area (Å²) in [6.07, 6.45) is 0.239. The third-order valence-corrected chi connectivity index (χ3v) is 11.1. The first-order chi connectivity index (χ1) is 17.5. The van der Waals surface area contributed by atoms with Crippen molar-refractivity contribution >= 4 is 23.6 Å². The molecule has 5 saturated heterocycles. The largest absolute Gasteiger partial charge is 0.370 e. The number of carbonyl (C=O) groups excluding carboxylic acids is 4. The van der Waals surface area contributed by atoms with E-state index in [1.807, 2.05) is 60.7 Å². The molecule has 11 rings (SSSR count). The topological polar surface area (TPSA) is 111 Å². The van der Waals surface area contributed by atoms with Crippen LogP contribution in [0.15, 0.2) is 60.7 Å². The molecule has 176 valence electrons. The minimum atomic E-state index is -1.40. The van der Waals surface area contributed by atoms with E-state index in [1.165, 1.54) is 0 Å². The lowest BCUT2D eigenvalue weighted by molar-refractivity contribution is -0.167. The number of amides is 4. The van der Waals surface area contributed by atoms with E-state index in [2.05, 4.69) is 10.6 Å². The van der Waals surface area contributed by atoms with E-state index in [0.717, 1.165) is 22.3 Å². The molecule has 6 heterocycles. The lowest BCUT2D eigenvalue weighted by Crippen LogP contribution is -2.75. The molecule has 5 fully saturated rings. The minimum Gasteiger partial charge on any atom is -0.370 e. The summed E-state index contributed by atoms with van der Waals surface area (Å²) < 4.78 is 13.1. The molecule has 6 bridgehead atoms. The zero-order chi connectivity index (χ0) is 24.0.